The third-order valence-corrected chi connectivity index (χ3v) is 3.32. The lowest BCUT2D eigenvalue weighted by molar-refractivity contribution is -0.141. The van der Waals surface area contributed by atoms with Crippen LogP contribution in [0.2, 0.25) is 5.02 Å². The third kappa shape index (κ3) is 4.03. The average Bonchev–Trinajstić information content (AvgIpc) is 2.87. The zero-order chi connectivity index (χ0) is 15.4. The van der Waals surface area contributed by atoms with Gasteiger partial charge in [0.1, 0.15) is 0 Å². The number of rotatable bonds is 6. The van der Waals surface area contributed by atoms with Crippen LogP contribution in [0.1, 0.15) is 12.7 Å². The number of halogens is 1. The van der Waals surface area contributed by atoms with Gasteiger partial charge in [0.15, 0.2) is 5.82 Å². The lowest BCUT2D eigenvalue weighted by atomic mass is 10.2. The molecular formula is C14H16ClN3O3. The van der Waals surface area contributed by atoms with Crippen molar-refractivity contribution in [1.29, 1.82) is 0 Å². The molecule has 0 bridgehead atoms. The van der Waals surface area contributed by atoms with Gasteiger partial charge in [-0.2, -0.15) is 4.98 Å². The molecule has 6 nitrogen and oxygen atoms in total. The van der Waals surface area contributed by atoms with E-state index in [1.165, 1.54) is 0 Å². The first-order valence-electron chi connectivity index (χ1n) is 6.46. The minimum absolute atomic E-state index is 0.357. The smallest absolute Gasteiger partial charge is 0.307 e. The maximum Gasteiger partial charge on any atom is 0.307 e. The van der Waals surface area contributed by atoms with E-state index in [4.69, 9.17) is 21.2 Å². The van der Waals surface area contributed by atoms with E-state index in [0.29, 0.717) is 35.4 Å². The number of hydrogen-bond acceptors (Lipinski definition) is 5. The second kappa shape index (κ2) is 6.69. The summed E-state index contributed by atoms with van der Waals surface area (Å²) in [4.78, 5) is 16.9. The summed E-state index contributed by atoms with van der Waals surface area (Å²) in [5.41, 5.74) is 0.680. The van der Waals surface area contributed by atoms with Crippen molar-refractivity contribution in [1.82, 2.24) is 15.0 Å². The quantitative estimate of drug-likeness (QED) is 0.883. The van der Waals surface area contributed by atoms with E-state index in [2.05, 4.69) is 10.1 Å². The molecular weight excluding hydrogens is 294 g/mol. The van der Waals surface area contributed by atoms with Crippen LogP contribution in [0.25, 0.3) is 11.5 Å². The topological polar surface area (TPSA) is 79.5 Å². The fourth-order valence-electron chi connectivity index (χ4n) is 1.91. The highest BCUT2D eigenvalue weighted by Crippen LogP contribution is 2.25. The molecule has 2 aromatic rings. The van der Waals surface area contributed by atoms with Crippen molar-refractivity contribution in [3.63, 3.8) is 0 Å². The standard InChI is InChI=1S/C14H16ClN3O3/c1-9(14(19)20)7-18(2)8-12-16-13(21-17-12)10-5-3-4-6-11(10)15/h3-6,9H,7-8H2,1-2H3,(H,19,20). The normalized spacial score (nSPS) is 12.6. The number of aromatic nitrogens is 2. The fourth-order valence-corrected chi connectivity index (χ4v) is 2.13. The van der Waals surface area contributed by atoms with E-state index >= 15 is 0 Å². The number of nitrogens with zero attached hydrogens (tertiary/aromatic N) is 3. The van der Waals surface area contributed by atoms with Gasteiger partial charge >= 0.3 is 5.97 Å². The Morgan fingerprint density at radius 3 is 2.86 bits per heavy atom. The minimum atomic E-state index is -0.827. The number of hydrogen-bond donors (Lipinski definition) is 1. The molecule has 0 fully saturated rings. The van der Waals surface area contributed by atoms with E-state index in [9.17, 15) is 4.79 Å². The Morgan fingerprint density at radius 2 is 2.19 bits per heavy atom. The summed E-state index contributed by atoms with van der Waals surface area (Å²) in [5.74, 6) is -0.433. The molecule has 1 N–H and O–H groups in total. The van der Waals surface area contributed by atoms with E-state index in [1.807, 2.05) is 24.1 Å². The van der Waals surface area contributed by atoms with Gasteiger partial charge in [0.2, 0.25) is 0 Å². The summed E-state index contributed by atoms with van der Waals surface area (Å²) < 4.78 is 5.20. The van der Waals surface area contributed by atoms with Gasteiger partial charge in [-0.05, 0) is 19.2 Å². The van der Waals surface area contributed by atoms with E-state index < -0.39 is 11.9 Å². The highest BCUT2D eigenvalue weighted by atomic mass is 35.5. The molecule has 0 saturated heterocycles. The summed E-state index contributed by atoms with van der Waals surface area (Å²) in [6.07, 6.45) is 0. The third-order valence-electron chi connectivity index (χ3n) is 2.99. The van der Waals surface area contributed by atoms with Crippen LogP contribution in [-0.4, -0.2) is 39.7 Å². The van der Waals surface area contributed by atoms with Gasteiger partial charge in [-0.25, -0.2) is 0 Å². The van der Waals surface area contributed by atoms with Crippen molar-refractivity contribution in [3.8, 4) is 11.5 Å². The first kappa shape index (κ1) is 15.5. The summed E-state index contributed by atoms with van der Waals surface area (Å²) in [6, 6.07) is 7.22. The second-order valence-electron chi connectivity index (χ2n) is 4.93. The number of carboxylic acid groups (broad SMARTS) is 1. The van der Waals surface area contributed by atoms with Gasteiger partial charge < -0.3 is 9.63 Å². The zero-order valence-corrected chi connectivity index (χ0v) is 12.5. The van der Waals surface area contributed by atoms with Gasteiger partial charge in [-0.15, -0.1) is 0 Å². The minimum Gasteiger partial charge on any atom is -0.481 e. The molecule has 1 unspecified atom stereocenters. The van der Waals surface area contributed by atoms with Crippen molar-refractivity contribution in [2.75, 3.05) is 13.6 Å². The molecule has 0 aliphatic carbocycles. The van der Waals surface area contributed by atoms with Crippen LogP contribution in [-0.2, 0) is 11.3 Å². The highest BCUT2D eigenvalue weighted by Gasteiger charge is 2.16. The SMILES string of the molecule is CC(CN(C)Cc1noc(-c2ccccc2Cl)n1)C(=O)O. The van der Waals surface area contributed by atoms with Crippen molar-refractivity contribution in [2.45, 2.75) is 13.5 Å². The van der Waals surface area contributed by atoms with Gasteiger partial charge in [0.25, 0.3) is 5.89 Å². The maximum absolute atomic E-state index is 10.8. The molecule has 0 radical (unpaired) electrons. The molecule has 1 atom stereocenters. The molecule has 2 rings (SSSR count). The van der Waals surface area contributed by atoms with E-state index in [0.717, 1.165) is 0 Å². The Bertz CT molecular complexity index is 629. The largest absolute Gasteiger partial charge is 0.481 e. The van der Waals surface area contributed by atoms with Crippen LogP contribution in [0.3, 0.4) is 0 Å². The molecule has 0 aliphatic rings. The van der Waals surface area contributed by atoms with Crippen LogP contribution < -0.4 is 0 Å². The first-order valence-corrected chi connectivity index (χ1v) is 6.84. The summed E-state index contributed by atoms with van der Waals surface area (Å²) in [7, 11) is 1.81. The summed E-state index contributed by atoms with van der Waals surface area (Å²) in [6.45, 7) is 2.47. The van der Waals surface area contributed by atoms with Crippen LogP contribution in [0.15, 0.2) is 28.8 Å². The summed E-state index contributed by atoms with van der Waals surface area (Å²) >= 11 is 6.07. The molecule has 0 spiro atoms. The Labute approximate surface area is 127 Å². The Balaban J connectivity index is 2.04. The first-order chi connectivity index (χ1) is 9.97. The van der Waals surface area contributed by atoms with Crippen molar-refractivity contribution in [2.24, 2.45) is 5.92 Å². The second-order valence-corrected chi connectivity index (χ2v) is 5.34. The number of carboxylic acids is 1. The number of carbonyl (C=O) groups is 1. The predicted molar refractivity (Wildman–Crippen MR) is 77.9 cm³/mol. The highest BCUT2D eigenvalue weighted by molar-refractivity contribution is 6.33. The predicted octanol–water partition coefficient (Wildman–Crippen LogP) is 2.54. The Morgan fingerprint density at radius 1 is 1.48 bits per heavy atom. The number of benzene rings is 1. The fraction of sp³-hybridized carbons (Fsp3) is 0.357. The van der Waals surface area contributed by atoms with Crippen molar-refractivity contribution < 1.29 is 14.4 Å². The average molecular weight is 310 g/mol. The van der Waals surface area contributed by atoms with Crippen LogP contribution in [0.5, 0.6) is 0 Å². The molecule has 1 heterocycles. The van der Waals surface area contributed by atoms with Gasteiger partial charge in [0, 0.05) is 6.54 Å². The maximum atomic E-state index is 10.8. The van der Waals surface area contributed by atoms with Gasteiger partial charge in [-0.1, -0.05) is 35.8 Å². The van der Waals surface area contributed by atoms with Crippen molar-refractivity contribution >= 4 is 17.6 Å². The molecule has 0 saturated carbocycles. The Kier molecular flexibility index (Phi) is 4.93. The van der Waals surface area contributed by atoms with Crippen LogP contribution in [0, 0.1) is 5.92 Å². The monoisotopic (exact) mass is 309 g/mol. The molecule has 112 valence electrons. The molecule has 0 amide bonds. The molecule has 1 aromatic carbocycles. The van der Waals surface area contributed by atoms with Crippen LogP contribution >= 0.6 is 11.6 Å². The van der Waals surface area contributed by atoms with Gasteiger partial charge in [-0.3, -0.25) is 9.69 Å². The molecule has 7 heteroatoms. The Hall–Kier alpha value is -1.92. The van der Waals surface area contributed by atoms with E-state index in [-0.39, 0.29) is 0 Å². The zero-order valence-electron chi connectivity index (χ0n) is 11.8. The molecule has 21 heavy (non-hydrogen) atoms. The van der Waals surface area contributed by atoms with Crippen molar-refractivity contribution in [3.05, 3.63) is 35.1 Å². The summed E-state index contributed by atoms with van der Waals surface area (Å²) in [5, 5.41) is 13.3. The molecule has 0 aliphatic heterocycles. The van der Waals surface area contributed by atoms with Gasteiger partial charge in [0.05, 0.1) is 23.0 Å². The lowest BCUT2D eigenvalue weighted by Crippen LogP contribution is -2.28. The number of aliphatic carboxylic acids is 1. The lowest BCUT2D eigenvalue weighted by Gasteiger charge is -2.16. The molecule has 1 aromatic heterocycles. The van der Waals surface area contributed by atoms with Crippen LogP contribution in [0.4, 0.5) is 0 Å². The van der Waals surface area contributed by atoms with E-state index in [1.54, 1.807) is 19.1 Å².